The van der Waals surface area contributed by atoms with Gasteiger partial charge in [0.1, 0.15) is 11.5 Å². The number of likely N-dealkylation sites (tertiary alicyclic amines) is 2. The molecule has 0 spiro atoms. The molecule has 11 heteroatoms. The van der Waals surface area contributed by atoms with E-state index in [1.165, 1.54) is 11.8 Å². The second-order valence-electron chi connectivity index (χ2n) is 12.6. The number of rotatable bonds is 6. The number of thioether (sulfide) groups is 1. The largest absolute Gasteiger partial charge is 0.457 e. The van der Waals surface area contributed by atoms with E-state index in [1.54, 1.807) is 0 Å². The molecule has 5 aliphatic rings. The fourth-order valence-electron chi connectivity index (χ4n) is 7.43. The summed E-state index contributed by atoms with van der Waals surface area (Å²) in [5, 5.41) is 9.92. The molecule has 4 saturated heterocycles. The van der Waals surface area contributed by atoms with E-state index >= 15 is 0 Å². The lowest BCUT2D eigenvalue weighted by atomic mass is 9.86. The Kier molecular flexibility index (Phi) is 8.02. The van der Waals surface area contributed by atoms with Crippen molar-refractivity contribution in [3.63, 3.8) is 0 Å². The molecule has 5 atom stereocenters. The highest BCUT2D eigenvalue weighted by Crippen LogP contribution is 2.48. The van der Waals surface area contributed by atoms with Crippen LogP contribution in [0.3, 0.4) is 0 Å². The molecule has 0 aliphatic carbocycles. The first-order valence-electron chi connectivity index (χ1n) is 15.7. The van der Waals surface area contributed by atoms with Gasteiger partial charge in [0.05, 0.1) is 22.2 Å². The summed E-state index contributed by atoms with van der Waals surface area (Å²) < 4.78 is 6.02. The van der Waals surface area contributed by atoms with Gasteiger partial charge < -0.3 is 30.5 Å². The van der Waals surface area contributed by atoms with E-state index in [0.717, 1.165) is 74.6 Å². The Morgan fingerprint density at radius 2 is 1.86 bits per heavy atom. The third-order valence-electron chi connectivity index (χ3n) is 9.56. The third-order valence-corrected chi connectivity index (χ3v) is 10.9. The van der Waals surface area contributed by atoms with Crippen LogP contribution in [0.15, 0.2) is 59.1 Å². The smallest absolute Gasteiger partial charge is 0.326 e. The number of nitrogens with zero attached hydrogens (tertiary/aromatic N) is 3. The number of ether oxygens (including phenoxy) is 1. The van der Waals surface area contributed by atoms with Gasteiger partial charge in [-0.25, -0.2) is 4.79 Å². The van der Waals surface area contributed by atoms with Gasteiger partial charge in [0.25, 0.3) is 5.91 Å². The molecule has 0 bridgehead atoms. The maximum atomic E-state index is 13.7. The van der Waals surface area contributed by atoms with Crippen LogP contribution in [0.2, 0.25) is 0 Å². The summed E-state index contributed by atoms with van der Waals surface area (Å²) in [5.41, 5.74) is 2.51. The van der Waals surface area contributed by atoms with E-state index in [1.807, 2.05) is 65.3 Å². The molecule has 5 aliphatic heterocycles. The standard InChI is InChI=1S/C33H40N6O4S/c1-20-17-24(43-23-8-4-3-5-9-23)10-11-25(20)39-26-12-14-34-31-27(26)28(36-33(39)42)29(44-31)30(40)35-22-7-6-15-38(19-22)32(41)21-13-16-37(2)18-21/h3-5,8-11,17,21-22,26-27,31,34H,6-7,12-16,18-19H2,1-2H3,(H,35,40)(H,36,42)/t21-,22+,26?,27?,31?/m0/s1. The van der Waals surface area contributed by atoms with Crippen molar-refractivity contribution in [1.29, 1.82) is 0 Å². The van der Waals surface area contributed by atoms with Crippen LogP contribution in [0, 0.1) is 18.8 Å². The number of nitrogens with one attached hydrogen (secondary N) is 3. The van der Waals surface area contributed by atoms with Crippen LogP contribution in [0.1, 0.15) is 31.2 Å². The highest BCUT2D eigenvalue weighted by atomic mass is 32.2. The van der Waals surface area contributed by atoms with Crippen molar-refractivity contribution < 1.29 is 19.1 Å². The number of amides is 4. The molecule has 44 heavy (non-hydrogen) atoms. The summed E-state index contributed by atoms with van der Waals surface area (Å²) >= 11 is 1.51. The molecule has 3 N–H and O–H groups in total. The average molecular weight is 617 g/mol. The van der Waals surface area contributed by atoms with Crippen LogP contribution in [-0.2, 0) is 9.59 Å². The van der Waals surface area contributed by atoms with Crippen LogP contribution in [0.25, 0.3) is 0 Å². The highest BCUT2D eigenvalue weighted by Gasteiger charge is 2.52. The lowest BCUT2D eigenvalue weighted by molar-refractivity contribution is -0.137. The second-order valence-corrected chi connectivity index (χ2v) is 13.8. The molecule has 3 unspecified atom stereocenters. The number of anilines is 1. The quantitative estimate of drug-likeness (QED) is 0.455. The third kappa shape index (κ3) is 5.57. The first kappa shape index (κ1) is 29.2. The zero-order chi connectivity index (χ0) is 30.4. The number of para-hydroxylation sites is 1. The van der Waals surface area contributed by atoms with Gasteiger partial charge in [-0.2, -0.15) is 0 Å². The maximum absolute atomic E-state index is 13.7. The number of hydrogen-bond acceptors (Lipinski definition) is 7. The van der Waals surface area contributed by atoms with Gasteiger partial charge in [0.2, 0.25) is 5.91 Å². The molecule has 10 nitrogen and oxygen atoms in total. The summed E-state index contributed by atoms with van der Waals surface area (Å²) in [4.78, 5) is 47.2. The van der Waals surface area contributed by atoms with Gasteiger partial charge in [-0.15, -0.1) is 0 Å². The Morgan fingerprint density at radius 3 is 2.64 bits per heavy atom. The molecular weight excluding hydrogens is 576 g/mol. The monoisotopic (exact) mass is 616 g/mol. The molecule has 2 aromatic rings. The van der Waals surface area contributed by atoms with Crippen molar-refractivity contribution in [2.75, 3.05) is 44.7 Å². The Labute approximate surface area is 262 Å². The van der Waals surface area contributed by atoms with Gasteiger partial charge >= 0.3 is 6.03 Å². The van der Waals surface area contributed by atoms with Crippen molar-refractivity contribution in [2.24, 2.45) is 11.8 Å². The minimum atomic E-state index is -0.217. The molecule has 232 valence electrons. The highest BCUT2D eigenvalue weighted by molar-refractivity contribution is 8.04. The molecule has 5 heterocycles. The normalized spacial score (nSPS) is 28.5. The van der Waals surface area contributed by atoms with Gasteiger partial charge in [-0.05, 0) is 88.6 Å². The van der Waals surface area contributed by atoms with Crippen molar-refractivity contribution in [3.8, 4) is 11.5 Å². The van der Waals surface area contributed by atoms with Crippen molar-refractivity contribution in [3.05, 3.63) is 64.7 Å². The van der Waals surface area contributed by atoms with Gasteiger partial charge in [-0.1, -0.05) is 30.0 Å². The Morgan fingerprint density at radius 1 is 1.02 bits per heavy atom. The van der Waals surface area contributed by atoms with Crippen LogP contribution < -0.4 is 25.6 Å². The summed E-state index contributed by atoms with van der Waals surface area (Å²) in [6.07, 6.45) is 3.39. The predicted octanol–water partition coefficient (Wildman–Crippen LogP) is 3.64. The number of hydrogen-bond donors (Lipinski definition) is 3. The van der Waals surface area contributed by atoms with Gasteiger partial charge in [-0.3, -0.25) is 14.5 Å². The van der Waals surface area contributed by atoms with E-state index < -0.39 is 0 Å². The van der Waals surface area contributed by atoms with Gasteiger partial charge in [0, 0.05) is 43.0 Å². The second kappa shape index (κ2) is 12.1. The lowest BCUT2D eigenvalue weighted by Crippen LogP contribution is -2.62. The summed E-state index contributed by atoms with van der Waals surface area (Å²) in [6, 6.07) is 15.1. The van der Waals surface area contributed by atoms with Crippen molar-refractivity contribution in [1.82, 2.24) is 25.8 Å². The summed E-state index contributed by atoms with van der Waals surface area (Å²) in [7, 11) is 2.06. The predicted molar refractivity (Wildman–Crippen MR) is 170 cm³/mol. The lowest BCUT2D eigenvalue weighted by Gasteiger charge is -2.46. The topological polar surface area (TPSA) is 106 Å². The number of carbonyl (C=O) groups excluding carboxylic acids is 3. The fraction of sp³-hybridized carbons (Fsp3) is 0.485. The number of aryl methyl sites for hydroxylation is 1. The van der Waals surface area contributed by atoms with Crippen LogP contribution >= 0.6 is 11.8 Å². The molecule has 7 rings (SSSR count). The summed E-state index contributed by atoms with van der Waals surface area (Å²) in [6.45, 7) is 5.79. The van der Waals surface area contributed by atoms with E-state index in [0.29, 0.717) is 17.2 Å². The number of benzene rings is 2. The fourth-order valence-corrected chi connectivity index (χ4v) is 8.83. The van der Waals surface area contributed by atoms with E-state index in [4.69, 9.17) is 4.74 Å². The minimum absolute atomic E-state index is 0.00242. The number of carbonyl (C=O) groups is 3. The maximum Gasteiger partial charge on any atom is 0.326 e. The zero-order valence-corrected chi connectivity index (χ0v) is 26.1. The average Bonchev–Trinajstić information content (AvgIpc) is 3.63. The molecular formula is C33H40N6O4S. The SMILES string of the molecule is Cc1cc(Oc2ccccc2)ccc1N1C(=O)NC2=C(C(=O)N[C@@H]3CCCN(C(=O)[C@H]4CCN(C)C4)C3)SC3NCCC1C23. The van der Waals surface area contributed by atoms with E-state index in [2.05, 4.69) is 27.9 Å². The molecule has 4 amide bonds. The first-order chi connectivity index (χ1) is 21.4. The Balaban J connectivity index is 1.06. The van der Waals surface area contributed by atoms with Crippen LogP contribution in [0.4, 0.5) is 10.5 Å². The molecule has 2 aromatic carbocycles. The van der Waals surface area contributed by atoms with Crippen LogP contribution in [-0.4, -0.2) is 84.9 Å². The Hall–Kier alpha value is -3.54. The van der Waals surface area contributed by atoms with E-state index in [-0.39, 0.29) is 47.1 Å². The number of urea groups is 1. The van der Waals surface area contributed by atoms with Crippen LogP contribution in [0.5, 0.6) is 11.5 Å². The molecule has 0 saturated carbocycles. The number of piperidine rings is 2. The molecule has 0 aromatic heterocycles. The van der Waals surface area contributed by atoms with Crippen molar-refractivity contribution >= 4 is 35.3 Å². The molecule has 4 fully saturated rings. The first-order valence-corrected chi connectivity index (χ1v) is 16.6. The minimum Gasteiger partial charge on any atom is -0.457 e. The Bertz CT molecular complexity index is 1480. The van der Waals surface area contributed by atoms with Crippen molar-refractivity contribution in [2.45, 2.75) is 50.1 Å². The van der Waals surface area contributed by atoms with E-state index in [9.17, 15) is 14.4 Å². The van der Waals surface area contributed by atoms with Gasteiger partial charge in [0.15, 0.2) is 0 Å². The zero-order valence-electron chi connectivity index (χ0n) is 25.3. The summed E-state index contributed by atoms with van der Waals surface area (Å²) in [5.74, 6) is 1.54. The molecule has 0 radical (unpaired) electrons.